The highest BCUT2D eigenvalue weighted by Crippen LogP contribution is 2.24. The van der Waals surface area contributed by atoms with E-state index < -0.39 is 0 Å². The van der Waals surface area contributed by atoms with Crippen molar-refractivity contribution in [3.63, 3.8) is 0 Å². The van der Waals surface area contributed by atoms with Gasteiger partial charge in [-0.3, -0.25) is 0 Å². The molecule has 0 aliphatic heterocycles. The van der Waals surface area contributed by atoms with Crippen LogP contribution >= 0.6 is 0 Å². The number of aryl methyl sites for hydroxylation is 2. The number of amides is 2. The first-order chi connectivity index (χ1) is 11.6. The van der Waals surface area contributed by atoms with Crippen molar-refractivity contribution in [2.45, 2.75) is 32.4 Å². The van der Waals surface area contributed by atoms with Gasteiger partial charge >= 0.3 is 6.03 Å². The summed E-state index contributed by atoms with van der Waals surface area (Å²) in [6.07, 6.45) is 3.49. The molecule has 0 radical (unpaired) electrons. The fourth-order valence-electron chi connectivity index (χ4n) is 3.23. The summed E-state index contributed by atoms with van der Waals surface area (Å²) in [4.78, 5) is 14.3. The number of fused-ring (bicyclic) bond motifs is 1. The van der Waals surface area contributed by atoms with E-state index in [-0.39, 0.29) is 6.03 Å². The van der Waals surface area contributed by atoms with Gasteiger partial charge < -0.3 is 15.5 Å². The molecular formula is C20H25N3O. The van der Waals surface area contributed by atoms with Crippen LogP contribution < -0.4 is 10.6 Å². The van der Waals surface area contributed by atoms with Crippen molar-refractivity contribution in [1.29, 1.82) is 0 Å². The molecule has 24 heavy (non-hydrogen) atoms. The Hall–Kier alpha value is -2.33. The molecule has 0 spiro atoms. The van der Waals surface area contributed by atoms with Crippen LogP contribution in [0.25, 0.3) is 0 Å². The lowest BCUT2D eigenvalue weighted by Gasteiger charge is -2.15. The number of nitrogens with one attached hydrogen (secondary N) is 2. The summed E-state index contributed by atoms with van der Waals surface area (Å²) < 4.78 is 0. The molecule has 1 aliphatic rings. The Kier molecular flexibility index (Phi) is 5.16. The van der Waals surface area contributed by atoms with E-state index in [0.717, 1.165) is 30.6 Å². The maximum atomic E-state index is 12.2. The molecule has 3 rings (SSSR count). The molecule has 0 unspecified atom stereocenters. The van der Waals surface area contributed by atoms with Crippen LogP contribution in [0.1, 0.15) is 28.7 Å². The van der Waals surface area contributed by atoms with Crippen molar-refractivity contribution in [2.24, 2.45) is 0 Å². The van der Waals surface area contributed by atoms with E-state index in [1.165, 1.54) is 23.1 Å². The topological polar surface area (TPSA) is 44.4 Å². The molecule has 0 bridgehead atoms. The summed E-state index contributed by atoms with van der Waals surface area (Å²) in [6.45, 7) is 1.39. The number of anilines is 1. The van der Waals surface area contributed by atoms with Crippen LogP contribution in [0.2, 0.25) is 0 Å². The van der Waals surface area contributed by atoms with Crippen LogP contribution in [0.4, 0.5) is 10.5 Å². The zero-order valence-electron chi connectivity index (χ0n) is 14.4. The van der Waals surface area contributed by atoms with Gasteiger partial charge in [0, 0.05) is 18.8 Å². The molecule has 4 nitrogen and oxygen atoms in total. The molecule has 2 aromatic rings. The Balaban J connectivity index is 1.58. The van der Waals surface area contributed by atoms with Crippen LogP contribution in [0, 0.1) is 0 Å². The highest BCUT2D eigenvalue weighted by atomic mass is 16.2. The quantitative estimate of drug-likeness (QED) is 0.883. The van der Waals surface area contributed by atoms with Crippen molar-refractivity contribution in [3.05, 3.63) is 64.7 Å². The lowest BCUT2D eigenvalue weighted by Crippen LogP contribution is -2.29. The van der Waals surface area contributed by atoms with Crippen molar-refractivity contribution in [1.82, 2.24) is 10.2 Å². The van der Waals surface area contributed by atoms with E-state index in [0.29, 0.717) is 6.54 Å². The lowest BCUT2D eigenvalue weighted by molar-refractivity contribution is 0.251. The van der Waals surface area contributed by atoms with Crippen LogP contribution in [-0.4, -0.2) is 25.0 Å². The third kappa shape index (κ3) is 4.15. The molecule has 0 saturated heterocycles. The number of rotatable bonds is 5. The predicted octanol–water partition coefficient (Wildman–Crippen LogP) is 3.56. The number of benzene rings is 2. The van der Waals surface area contributed by atoms with Gasteiger partial charge in [-0.2, -0.15) is 0 Å². The minimum Gasteiger partial charge on any atom is -0.334 e. The van der Waals surface area contributed by atoms with Gasteiger partial charge in [0.05, 0.1) is 0 Å². The Labute approximate surface area is 143 Å². The molecular weight excluding hydrogens is 298 g/mol. The molecule has 2 N–H and O–H groups in total. The van der Waals surface area contributed by atoms with Crippen molar-refractivity contribution >= 4 is 11.7 Å². The number of carbonyl (C=O) groups is 1. The SMILES string of the molecule is CN(C)Cc1ccccc1CNC(=O)Nc1ccc2c(c1)CCC2. The van der Waals surface area contributed by atoms with E-state index in [4.69, 9.17) is 0 Å². The van der Waals surface area contributed by atoms with Crippen LogP contribution in [-0.2, 0) is 25.9 Å². The van der Waals surface area contributed by atoms with Crippen molar-refractivity contribution < 1.29 is 4.79 Å². The Morgan fingerprint density at radius 2 is 1.79 bits per heavy atom. The minimum absolute atomic E-state index is 0.160. The number of carbonyl (C=O) groups excluding carboxylic acids is 1. The summed E-state index contributed by atoms with van der Waals surface area (Å²) in [5.74, 6) is 0. The minimum atomic E-state index is -0.160. The monoisotopic (exact) mass is 323 g/mol. The first kappa shape index (κ1) is 16.5. The number of nitrogens with zero attached hydrogens (tertiary/aromatic N) is 1. The summed E-state index contributed by atoms with van der Waals surface area (Å²) in [5, 5.41) is 5.90. The molecule has 126 valence electrons. The number of hydrogen-bond donors (Lipinski definition) is 2. The molecule has 0 heterocycles. The smallest absolute Gasteiger partial charge is 0.319 e. The van der Waals surface area contributed by atoms with E-state index in [2.05, 4.69) is 39.8 Å². The number of urea groups is 1. The van der Waals surface area contributed by atoms with Gasteiger partial charge in [-0.15, -0.1) is 0 Å². The predicted molar refractivity (Wildman–Crippen MR) is 98.2 cm³/mol. The summed E-state index contributed by atoms with van der Waals surface area (Å²) in [5.41, 5.74) is 6.04. The summed E-state index contributed by atoms with van der Waals surface area (Å²) in [7, 11) is 4.09. The first-order valence-electron chi connectivity index (χ1n) is 8.50. The Morgan fingerprint density at radius 3 is 2.58 bits per heavy atom. The highest BCUT2D eigenvalue weighted by Gasteiger charge is 2.12. The van der Waals surface area contributed by atoms with E-state index >= 15 is 0 Å². The average Bonchev–Trinajstić information content (AvgIpc) is 3.01. The second-order valence-electron chi connectivity index (χ2n) is 6.65. The van der Waals surface area contributed by atoms with Gasteiger partial charge in [0.1, 0.15) is 0 Å². The van der Waals surface area contributed by atoms with Crippen LogP contribution in [0.5, 0.6) is 0 Å². The maximum absolute atomic E-state index is 12.2. The van der Waals surface area contributed by atoms with Gasteiger partial charge in [0.25, 0.3) is 0 Å². The highest BCUT2D eigenvalue weighted by molar-refractivity contribution is 5.89. The zero-order valence-corrected chi connectivity index (χ0v) is 14.4. The fraction of sp³-hybridized carbons (Fsp3) is 0.350. The Morgan fingerprint density at radius 1 is 1.04 bits per heavy atom. The first-order valence-corrected chi connectivity index (χ1v) is 8.50. The molecule has 4 heteroatoms. The van der Waals surface area contributed by atoms with Gasteiger partial charge in [0.15, 0.2) is 0 Å². The molecule has 0 aromatic heterocycles. The van der Waals surface area contributed by atoms with Crippen molar-refractivity contribution in [3.8, 4) is 0 Å². The maximum Gasteiger partial charge on any atom is 0.319 e. The standard InChI is InChI=1S/C20H25N3O/c1-23(2)14-18-7-4-3-6-17(18)13-21-20(24)22-19-11-10-15-8-5-9-16(15)12-19/h3-4,6-7,10-12H,5,8-9,13-14H2,1-2H3,(H2,21,22,24). The van der Waals surface area contributed by atoms with Gasteiger partial charge in [-0.1, -0.05) is 30.3 Å². The molecule has 0 saturated carbocycles. The van der Waals surface area contributed by atoms with E-state index in [1.54, 1.807) is 0 Å². The molecule has 0 atom stereocenters. The summed E-state index contributed by atoms with van der Waals surface area (Å²) in [6, 6.07) is 14.3. The molecule has 2 aromatic carbocycles. The second-order valence-corrected chi connectivity index (χ2v) is 6.65. The molecule has 0 fully saturated rings. The average molecular weight is 323 g/mol. The zero-order chi connectivity index (χ0) is 16.9. The van der Waals surface area contributed by atoms with Gasteiger partial charge in [-0.05, 0) is 67.7 Å². The molecule has 2 amide bonds. The number of hydrogen-bond acceptors (Lipinski definition) is 2. The normalized spacial score (nSPS) is 13.0. The largest absolute Gasteiger partial charge is 0.334 e. The van der Waals surface area contributed by atoms with E-state index in [9.17, 15) is 4.79 Å². The third-order valence-corrected chi connectivity index (χ3v) is 4.40. The van der Waals surface area contributed by atoms with Crippen LogP contribution in [0.15, 0.2) is 42.5 Å². The summed E-state index contributed by atoms with van der Waals surface area (Å²) >= 11 is 0. The second kappa shape index (κ2) is 7.49. The third-order valence-electron chi connectivity index (χ3n) is 4.40. The molecule has 1 aliphatic carbocycles. The lowest BCUT2D eigenvalue weighted by atomic mass is 10.1. The van der Waals surface area contributed by atoms with Crippen LogP contribution in [0.3, 0.4) is 0 Å². The van der Waals surface area contributed by atoms with Gasteiger partial charge in [-0.25, -0.2) is 4.79 Å². The van der Waals surface area contributed by atoms with Crippen molar-refractivity contribution in [2.75, 3.05) is 19.4 Å². The van der Waals surface area contributed by atoms with E-state index in [1.807, 2.05) is 32.3 Å². The van der Waals surface area contributed by atoms with Gasteiger partial charge in [0.2, 0.25) is 0 Å². The fourth-order valence-corrected chi connectivity index (χ4v) is 3.23. The Bertz CT molecular complexity index is 725.